The molecule has 1 aliphatic heterocycles. The zero-order valence-corrected chi connectivity index (χ0v) is 19.1. The summed E-state index contributed by atoms with van der Waals surface area (Å²) in [7, 11) is 0. The lowest BCUT2D eigenvalue weighted by molar-refractivity contribution is -0.148. The van der Waals surface area contributed by atoms with Gasteiger partial charge in [0.1, 0.15) is 0 Å². The van der Waals surface area contributed by atoms with Crippen LogP contribution in [0.15, 0.2) is 82.6 Å². The standard InChI is InChI=1S/C27H26N2O3S/c30-26(28-21-11-7-9-19-8-1-2-10-20(19)21)18-32-27(31)16-17-29-22-12-3-5-14-24(22)33-25-15-6-4-13-23(25)29/h1-6,8,10,12-15,21H,7,9,11,16-18H2,(H,28,30). The maximum Gasteiger partial charge on any atom is 0.308 e. The molecule has 3 aromatic carbocycles. The first-order valence-corrected chi connectivity index (χ1v) is 12.2. The average molecular weight is 459 g/mol. The van der Waals surface area contributed by atoms with E-state index in [1.54, 1.807) is 11.8 Å². The molecule has 6 heteroatoms. The number of carbonyl (C=O) groups is 2. The Hall–Kier alpha value is -3.25. The molecular weight excluding hydrogens is 432 g/mol. The van der Waals surface area contributed by atoms with Crippen LogP contribution in [0.3, 0.4) is 0 Å². The molecule has 1 atom stereocenters. The van der Waals surface area contributed by atoms with Gasteiger partial charge in [0.25, 0.3) is 5.91 Å². The van der Waals surface area contributed by atoms with Gasteiger partial charge < -0.3 is 15.0 Å². The molecule has 0 saturated heterocycles. The smallest absolute Gasteiger partial charge is 0.308 e. The molecule has 33 heavy (non-hydrogen) atoms. The topological polar surface area (TPSA) is 58.6 Å². The van der Waals surface area contributed by atoms with Gasteiger partial charge in [0, 0.05) is 16.3 Å². The lowest BCUT2D eigenvalue weighted by Crippen LogP contribution is -2.34. The van der Waals surface area contributed by atoms with E-state index in [4.69, 9.17) is 4.74 Å². The van der Waals surface area contributed by atoms with Crippen LogP contribution in [-0.4, -0.2) is 25.0 Å². The van der Waals surface area contributed by atoms with Crippen LogP contribution < -0.4 is 10.2 Å². The molecule has 1 aliphatic carbocycles. The Morgan fingerprint density at radius 1 is 0.939 bits per heavy atom. The molecule has 5 rings (SSSR count). The van der Waals surface area contributed by atoms with E-state index in [0.717, 1.165) is 40.4 Å². The number of nitrogens with one attached hydrogen (secondary N) is 1. The number of amides is 1. The number of benzene rings is 3. The Morgan fingerprint density at radius 3 is 2.36 bits per heavy atom. The van der Waals surface area contributed by atoms with Crippen molar-refractivity contribution in [1.29, 1.82) is 0 Å². The Balaban J connectivity index is 1.17. The number of fused-ring (bicyclic) bond motifs is 3. The Morgan fingerprint density at radius 2 is 1.61 bits per heavy atom. The van der Waals surface area contributed by atoms with E-state index in [1.807, 2.05) is 36.4 Å². The van der Waals surface area contributed by atoms with Gasteiger partial charge in [-0.2, -0.15) is 0 Å². The second-order valence-electron chi connectivity index (χ2n) is 8.31. The predicted octanol–water partition coefficient (Wildman–Crippen LogP) is 5.42. The quantitative estimate of drug-likeness (QED) is 0.500. The van der Waals surface area contributed by atoms with Crippen molar-refractivity contribution in [3.05, 3.63) is 83.9 Å². The Kier molecular flexibility index (Phi) is 6.35. The second-order valence-corrected chi connectivity index (χ2v) is 9.39. The van der Waals surface area contributed by atoms with Gasteiger partial charge in [0.2, 0.25) is 0 Å². The highest BCUT2D eigenvalue weighted by Gasteiger charge is 2.24. The van der Waals surface area contributed by atoms with Gasteiger partial charge in [-0.3, -0.25) is 9.59 Å². The fourth-order valence-corrected chi connectivity index (χ4v) is 5.68. The number of carbonyl (C=O) groups excluding carboxylic acids is 2. The van der Waals surface area contributed by atoms with Gasteiger partial charge >= 0.3 is 5.97 Å². The number of anilines is 2. The third-order valence-electron chi connectivity index (χ3n) is 6.14. The van der Waals surface area contributed by atoms with Gasteiger partial charge in [-0.25, -0.2) is 0 Å². The van der Waals surface area contributed by atoms with Crippen LogP contribution in [0.4, 0.5) is 11.4 Å². The van der Waals surface area contributed by atoms with Gasteiger partial charge in [-0.15, -0.1) is 0 Å². The van der Waals surface area contributed by atoms with Gasteiger partial charge in [-0.1, -0.05) is 60.3 Å². The van der Waals surface area contributed by atoms with Crippen LogP contribution in [0.5, 0.6) is 0 Å². The maximum atomic E-state index is 12.5. The van der Waals surface area contributed by atoms with Gasteiger partial charge in [-0.05, 0) is 54.7 Å². The molecule has 0 spiro atoms. The van der Waals surface area contributed by atoms with Crippen LogP contribution >= 0.6 is 11.8 Å². The molecule has 168 valence electrons. The molecule has 1 N–H and O–H groups in total. The first-order chi connectivity index (χ1) is 16.2. The van der Waals surface area contributed by atoms with Gasteiger partial charge in [0.15, 0.2) is 6.61 Å². The molecule has 0 fully saturated rings. The van der Waals surface area contributed by atoms with E-state index >= 15 is 0 Å². The molecule has 2 aliphatic rings. The molecule has 1 heterocycles. The van der Waals surface area contributed by atoms with E-state index in [9.17, 15) is 9.59 Å². The van der Waals surface area contributed by atoms with Crippen molar-refractivity contribution >= 4 is 35.0 Å². The zero-order valence-electron chi connectivity index (χ0n) is 18.3. The number of hydrogen-bond acceptors (Lipinski definition) is 5. The van der Waals surface area contributed by atoms with Crippen molar-refractivity contribution in [2.75, 3.05) is 18.1 Å². The monoisotopic (exact) mass is 458 g/mol. The lowest BCUT2D eigenvalue weighted by atomic mass is 9.88. The summed E-state index contributed by atoms with van der Waals surface area (Å²) in [6.45, 7) is 0.242. The van der Waals surface area contributed by atoms with Crippen molar-refractivity contribution in [1.82, 2.24) is 5.32 Å². The number of ether oxygens (including phenoxy) is 1. The molecule has 3 aromatic rings. The third kappa shape index (κ3) is 4.76. The minimum atomic E-state index is -0.373. The average Bonchev–Trinajstić information content (AvgIpc) is 2.85. The van der Waals surface area contributed by atoms with Crippen LogP contribution in [0.2, 0.25) is 0 Å². The predicted molar refractivity (Wildman–Crippen MR) is 130 cm³/mol. The molecule has 0 saturated carbocycles. The van der Waals surface area contributed by atoms with E-state index in [2.05, 4.69) is 46.6 Å². The highest BCUT2D eigenvalue weighted by molar-refractivity contribution is 7.99. The van der Waals surface area contributed by atoms with E-state index in [1.165, 1.54) is 11.1 Å². The zero-order chi connectivity index (χ0) is 22.6. The molecule has 5 nitrogen and oxygen atoms in total. The Bertz CT molecular complexity index is 1130. The number of hydrogen-bond donors (Lipinski definition) is 1. The molecule has 0 radical (unpaired) electrons. The normalized spacial score (nSPS) is 16.2. The summed E-state index contributed by atoms with van der Waals surface area (Å²) < 4.78 is 5.32. The lowest BCUT2D eigenvalue weighted by Gasteiger charge is -2.32. The molecule has 0 aromatic heterocycles. The van der Waals surface area contributed by atoms with Crippen LogP contribution in [0.25, 0.3) is 0 Å². The first kappa shape index (κ1) is 21.6. The number of rotatable bonds is 6. The van der Waals surface area contributed by atoms with Crippen LogP contribution in [-0.2, 0) is 20.7 Å². The summed E-state index contributed by atoms with van der Waals surface area (Å²) in [5.41, 5.74) is 4.63. The Labute approximate surface area is 198 Å². The second kappa shape index (κ2) is 9.71. The summed E-state index contributed by atoms with van der Waals surface area (Å²) in [6, 6.07) is 24.6. The number of aryl methyl sites for hydroxylation is 1. The summed E-state index contributed by atoms with van der Waals surface area (Å²) in [5.74, 6) is -0.627. The summed E-state index contributed by atoms with van der Waals surface area (Å²) in [6.07, 6.45) is 3.19. The van der Waals surface area contributed by atoms with Crippen molar-refractivity contribution in [3.8, 4) is 0 Å². The summed E-state index contributed by atoms with van der Waals surface area (Å²) in [5, 5.41) is 3.03. The van der Waals surface area contributed by atoms with E-state index in [0.29, 0.717) is 6.54 Å². The fraction of sp³-hybridized carbons (Fsp3) is 0.259. The molecule has 1 amide bonds. The maximum absolute atomic E-state index is 12.5. The summed E-state index contributed by atoms with van der Waals surface area (Å²) >= 11 is 1.74. The molecule has 0 bridgehead atoms. The highest BCUT2D eigenvalue weighted by atomic mass is 32.2. The SMILES string of the molecule is O=C(COC(=O)CCN1c2ccccc2Sc2ccccc21)NC1CCCc2ccccc21. The number of esters is 1. The van der Waals surface area contributed by atoms with Crippen molar-refractivity contribution in [3.63, 3.8) is 0 Å². The van der Waals surface area contributed by atoms with Crippen molar-refractivity contribution in [2.45, 2.75) is 41.5 Å². The first-order valence-electron chi connectivity index (χ1n) is 11.4. The van der Waals surface area contributed by atoms with Gasteiger partial charge in [0.05, 0.1) is 23.8 Å². The fourth-order valence-electron chi connectivity index (χ4n) is 4.58. The third-order valence-corrected chi connectivity index (χ3v) is 7.27. The molecular formula is C27H26N2O3S. The van der Waals surface area contributed by atoms with E-state index < -0.39 is 0 Å². The summed E-state index contributed by atoms with van der Waals surface area (Å²) in [4.78, 5) is 29.4. The molecule has 1 unspecified atom stereocenters. The number of para-hydroxylation sites is 2. The van der Waals surface area contributed by atoms with Crippen LogP contribution in [0, 0.1) is 0 Å². The van der Waals surface area contributed by atoms with E-state index in [-0.39, 0.29) is 30.9 Å². The van der Waals surface area contributed by atoms with Crippen molar-refractivity contribution < 1.29 is 14.3 Å². The minimum Gasteiger partial charge on any atom is -0.456 e. The minimum absolute atomic E-state index is 0.0139. The highest BCUT2D eigenvalue weighted by Crippen LogP contribution is 2.47. The van der Waals surface area contributed by atoms with Crippen molar-refractivity contribution in [2.24, 2.45) is 0 Å². The number of nitrogens with zero attached hydrogens (tertiary/aromatic N) is 1. The largest absolute Gasteiger partial charge is 0.456 e. The van der Waals surface area contributed by atoms with Crippen LogP contribution in [0.1, 0.15) is 36.4 Å².